The summed E-state index contributed by atoms with van der Waals surface area (Å²) >= 11 is 0. The highest BCUT2D eigenvalue weighted by atomic mass is 19.4. The van der Waals surface area contributed by atoms with Crippen LogP contribution >= 0.6 is 0 Å². The van der Waals surface area contributed by atoms with E-state index in [4.69, 9.17) is 0 Å². The third-order valence-corrected chi connectivity index (χ3v) is 5.11. The summed E-state index contributed by atoms with van der Waals surface area (Å²) in [5, 5.41) is 10.9. The third-order valence-electron chi connectivity index (χ3n) is 5.11. The Morgan fingerprint density at radius 2 is 1.48 bits per heavy atom. The molecule has 0 atom stereocenters. The van der Waals surface area contributed by atoms with Crippen molar-refractivity contribution in [2.75, 3.05) is 5.32 Å². The second-order valence-electron chi connectivity index (χ2n) is 7.54. The first kappa shape index (κ1) is 22.3. The average Bonchev–Trinajstić information content (AvgIpc) is 3.29. The molecule has 0 fully saturated rings. The number of aromatic nitrogens is 3. The molecule has 0 spiro atoms. The van der Waals surface area contributed by atoms with Gasteiger partial charge in [-0.25, -0.2) is 0 Å². The van der Waals surface area contributed by atoms with Crippen LogP contribution in [0.25, 0.3) is 22.4 Å². The molecule has 168 valence electrons. The molecule has 0 saturated heterocycles. The second-order valence-corrected chi connectivity index (χ2v) is 7.54. The van der Waals surface area contributed by atoms with E-state index in [0.717, 1.165) is 28.9 Å². The molecule has 0 aliphatic heterocycles. The minimum atomic E-state index is -4.37. The van der Waals surface area contributed by atoms with E-state index in [0.29, 0.717) is 30.6 Å². The molecule has 3 aromatic carbocycles. The Hall–Kier alpha value is -3.94. The lowest BCUT2D eigenvalue weighted by atomic mass is 10.1. The van der Waals surface area contributed by atoms with Gasteiger partial charge in [-0.3, -0.25) is 9.48 Å². The average molecular weight is 450 g/mol. The van der Waals surface area contributed by atoms with E-state index in [1.807, 2.05) is 54.6 Å². The molecule has 0 saturated carbocycles. The van der Waals surface area contributed by atoms with Gasteiger partial charge in [0.1, 0.15) is 5.69 Å². The van der Waals surface area contributed by atoms with Crippen LogP contribution in [0.5, 0.6) is 0 Å². The first-order valence-electron chi connectivity index (χ1n) is 10.4. The number of rotatable bonds is 7. The van der Waals surface area contributed by atoms with Gasteiger partial charge in [0, 0.05) is 24.2 Å². The van der Waals surface area contributed by atoms with E-state index in [-0.39, 0.29) is 5.91 Å². The fourth-order valence-electron chi connectivity index (χ4n) is 3.37. The van der Waals surface area contributed by atoms with Gasteiger partial charge >= 0.3 is 6.18 Å². The van der Waals surface area contributed by atoms with Crippen LogP contribution in [0.1, 0.15) is 18.4 Å². The predicted octanol–water partition coefficient (Wildman–Crippen LogP) is 6.05. The highest BCUT2D eigenvalue weighted by Crippen LogP contribution is 2.30. The lowest BCUT2D eigenvalue weighted by Gasteiger charge is -2.07. The lowest BCUT2D eigenvalue weighted by molar-refractivity contribution is -0.137. The van der Waals surface area contributed by atoms with Crippen molar-refractivity contribution in [3.8, 4) is 22.4 Å². The molecule has 1 amide bonds. The topological polar surface area (TPSA) is 59.8 Å². The highest BCUT2D eigenvalue weighted by molar-refractivity contribution is 5.90. The van der Waals surface area contributed by atoms with Gasteiger partial charge in [0.05, 0.1) is 11.8 Å². The molecule has 0 radical (unpaired) electrons. The van der Waals surface area contributed by atoms with Gasteiger partial charge in [-0.05, 0) is 41.8 Å². The number of nitrogens with zero attached hydrogens (tertiary/aromatic N) is 3. The Balaban J connectivity index is 1.26. The summed E-state index contributed by atoms with van der Waals surface area (Å²) in [6, 6.07) is 22.4. The Kier molecular flexibility index (Phi) is 6.53. The summed E-state index contributed by atoms with van der Waals surface area (Å²) < 4.78 is 39.7. The van der Waals surface area contributed by atoms with Crippen molar-refractivity contribution in [2.24, 2.45) is 0 Å². The number of carbonyl (C=O) groups excluding carboxylic acids is 1. The zero-order chi connectivity index (χ0) is 23.3. The Labute approximate surface area is 188 Å². The number of amides is 1. The maximum absolute atomic E-state index is 12.7. The number of aryl methyl sites for hydroxylation is 1. The van der Waals surface area contributed by atoms with Gasteiger partial charge in [-0.15, -0.1) is 5.10 Å². The number of anilines is 1. The molecule has 5 nitrogen and oxygen atoms in total. The summed E-state index contributed by atoms with van der Waals surface area (Å²) in [7, 11) is 0. The number of hydrogen-bond acceptors (Lipinski definition) is 3. The van der Waals surface area contributed by atoms with E-state index in [1.165, 1.54) is 12.1 Å². The van der Waals surface area contributed by atoms with E-state index in [1.54, 1.807) is 10.9 Å². The molecule has 1 heterocycles. The maximum Gasteiger partial charge on any atom is 0.416 e. The lowest BCUT2D eigenvalue weighted by Crippen LogP contribution is -2.12. The van der Waals surface area contributed by atoms with Crippen LogP contribution in [0.15, 0.2) is 85.1 Å². The number of carbonyl (C=O) groups is 1. The van der Waals surface area contributed by atoms with E-state index in [9.17, 15) is 18.0 Å². The monoisotopic (exact) mass is 450 g/mol. The molecule has 0 unspecified atom stereocenters. The van der Waals surface area contributed by atoms with Crippen molar-refractivity contribution < 1.29 is 18.0 Å². The summed E-state index contributed by atoms with van der Waals surface area (Å²) in [6.07, 6.45) is -1.87. The third kappa shape index (κ3) is 5.85. The highest BCUT2D eigenvalue weighted by Gasteiger charge is 2.30. The number of alkyl halides is 3. The van der Waals surface area contributed by atoms with Crippen molar-refractivity contribution in [3.63, 3.8) is 0 Å². The zero-order valence-corrected chi connectivity index (χ0v) is 17.6. The van der Waals surface area contributed by atoms with Crippen LogP contribution in [0, 0.1) is 0 Å². The first-order valence-corrected chi connectivity index (χ1v) is 10.4. The molecule has 0 aliphatic rings. The molecule has 4 aromatic rings. The summed E-state index contributed by atoms with van der Waals surface area (Å²) in [5.41, 5.74) is 3.23. The van der Waals surface area contributed by atoms with Gasteiger partial charge in [-0.2, -0.15) is 13.2 Å². The summed E-state index contributed by atoms with van der Waals surface area (Å²) in [6.45, 7) is 0.466. The Morgan fingerprint density at radius 1 is 0.848 bits per heavy atom. The van der Waals surface area contributed by atoms with Crippen molar-refractivity contribution >= 4 is 11.6 Å². The molecular weight excluding hydrogens is 429 g/mol. The van der Waals surface area contributed by atoms with Gasteiger partial charge in [0.25, 0.3) is 0 Å². The van der Waals surface area contributed by atoms with Crippen molar-refractivity contribution in [3.05, 3.63) is 90.6 Å². The SMILES string of the molecule is O=C(CCCn1cc(-c2ccc(C(F)(F)F)cc2)nn1)Nc1ccc(-c2ccccc2)cc1. The minimum Gasteiger partial charge on any atom is -0.326 e. The fourth-order valence-corrected chi connectivity index (χ4v) is 3.37. The van der Waals surface area contributed by atoms with Crippen LogP contribution in [0.4, 0.5) is 18.9 Å². The fraction of sp³-hybridized carbons (Fsp3) is 0.160. The smallest absolute Gasteiger partial charge is 0.326 e. The van der Waals surface area contributed by atoms with E-state index in [2.05, 4.69) is 15.6 Å². The minimum absolute atomic E-state index is 0.106. The predicted molar refractivity (Wildman–Crippen MR) is 120 cm³/mol. The molecule has 8 heteroatoms. The first-order chi connectivity index (χ1) is 15.9. The van der Waals surface area contributed by atoms with Gasteiger partial charge < -0.3 is 5.32 Å². The van der Waals surface area contributed by atoms with Crippen LogP contribution in [0.3, 0.4) is 0 Å². The normalized spacial score (nSPS) is 11.4. The second kappa shape index (κ2) is 9.68. The van der Waals surface area contributed by atoms with Crippen LogP contribution < -0.4 is 5.32 Å². The Bertz CT molecular complexity index is 1200. The number of halogens is 3. The zero-order valence-electron chi connectivity index (χ0n) is 17.6. The number of benzene rings is 3. The summed E-state index contributed by atoms with van der Waals surface area (Å²) in [5.74, 6) is -0.106. The molecule has 0 bridgehead atoms. The Morgan fingerprint density at radius 3 is 2.15 bits per heavy atom. The van der Waals surface area contributed by atoms with Crippen molar-refractivity contribution in [2.45, 2.75) is 25.6 Å². The van der Waals surface area contributed by atoms with Gasteiger partial charge in [0.15, 0.2) is 0 Å². The van der Waals surface area contributed by atoms with Gasteiger partial charge in [-0.1, -0.05) is 59.8 Å². The van der Waals surface area contributed by atoms with Gasteiger partial charge in [0.2, 0.25) is 5.91 Å². The standard InChI is InChI=1S/C25H21F3N4O/c26-25(27,28)21-12-8-20(9-13-21)23-17-32(31-30-23)16-4-7-24(33)29-22-14-10-19(11-15-22)18-5-2-1-3-6-18/h1-3,5-6,8-15,17H,4,7,16H2,(H,29,33). The van der Waals surface area contributed by atoms with Crippen molar-refractivity contribution in [1.29, 1.82) is 0 Å². The van der Waals surface area contributed by atoms with Crippen LogP contribution in [0.2, 0.25) is 0 Å². The molecular formula is C25H21F3N4O. The number of hydrogen-bond donors (Lipinski definition) is 1. The molecule has 1 N–H and O–H groups in total. The van der Waals surface area contributed by atoms with Crippen LogP contribution in [-0.4, -0.2) is 20.9 Å². The van der Waals surface area contributed by atoms with E-state index >= 15 is 0 Å². The number of nitrogens with one attached hydrogen (secondary N) is 1. The maximum atomic E-state index is 12.7. The van der Waals surface area contributed by atoms with Crippen LogP contribution in [-0.2, 0) is 17.5 Å². The summed E-state index contributed by atoms with van der Waals surface area (Å²) in [4.78, 5) is 12.2. The molecule has 4 rings (SSSR count). The molecule has 1 aromatic heterocycles. The quantitative estimate of drug-likeness (QED) is 0.373. The molecule has 33 heavy (non-hydrogen) atoms. The molecule has 0 aliphatic carbocycles. The largest absolute Gasteiger partial charge is 0.416 e. The van der Waals surface area contributed by atoms with E-state index < -0.39 is 11.7 Å². The van der Waals surface area contributed by atoms with Crippen molar-refractivity contribution in [1.82, 2.24) is 15.0 Å².